The minimum Gasteiger partial charge on any atom is -0.396 e. The zero-order valence-electron chi connectivity index (χ0n) is 21.9. The Balaban J connectivity index is 0.00000441. The fraction of sp³-hybridized carbons (Fsp3) is 0.571. The lowest BCUT2D eigenvalue weighted by atomic mass is 9.79. The lowest BCUT2D eigenvalue weighted by molar-refractivity contribution is -0.143. The van der Waals surface area contributed by atoms with Crippen LogP contribution < -0.4 is 5.32 Å². The normalized spacial score (nSPS) is 25.4. The van der Waals surface area contributed by atoms with Gasteiger partial charge in [0.2, 0.25) is 0 Å². The van der Waals surface area contributed by atoms with E-state index >= 15 is 0 Å². The van der Waals surface area contributed by atoms with Crippen LogP contribution in [0.3, 0.4) is 0 Å². The van der Waals surface area contributed by atoms with Crippen LogP contribution in [0.5, 0.6) is 0 Å². The Bertz CT molecular complexity index is 1050. The molecule has 0 spiro atoms. The second-order valence-electron chi connectivity index (χ2n) is 10.2. The predicted molar refractivity (Wildman–Crippen MR) is 138 cm³/mol. The van der Waals surface area contributed by atoms with Gasteiger partial charge < -0.3 is 24.6 Å². The largest absolute Gasteiger partial charge is 0.416 e. The number of alkyl halides is 6. The van der Waals surface area contributed by atoms with Gasteiger partial charge in [-0.25, -0.2) is 0 Å². The maximum atomic E-state index is 13.4. The van der Waals surface area contributed by atoms with Crippen LogP contribution in [-0.4, -0.2) is 50.3 Å². The summed E-state index contributed by atoms with van der Waals surface area (Å²) in [7, 11) is 1.61. The summed E-state index contributed by atoms with van der Waals surface area (Å²) in [6, 6.07) is 11.1. The number of fused-ring (bicyclic) bond motifs is 2. The van der Waals surface area contributed by atoms with Crippen LogP contribution in [0, 0.1) is 5.92 Å². The van der Waals surface area contributed by atoms with Crippen LogP contribution in [0.1, 0.15) is 47.9 Å². The van der Waals surface area contributed by atoms with Gasteiger partial charge in [0.25, 0.3) is 0 Å². The summed E-state index contributed by atoms with van der Waals surface area (Å²) in [4.78, 5) is 0. The predicted octanol–water partition coefficient (Wildman–Crippen LogP) is 6.11. The van der Waals surface area contributed by atoms with E-state index in [1.54, 1.807) is 7.11 Å². The summed E-state index contributed by atoms with van der Waals surface area (Å²) < 4.78 is 97.9. The van der Waals surface area contributed by atoms with E-state index in [4.69, 9.17) is 19.3 Å². The van der Waals surface area contributed by atoms with E-state index in [1.165, 1.54) is 0 Å². The van der Waals surface area contributed by atoms with Crippen molar-refractivity contribution in [3.05, 3.63) is 70.8 Å². The molecule has 0 aliphatic carbocycles. The standard InChI is InChI=1S/C28H33F6NO4.ClH/c1-37-24(17-38-11-5-10-36)22-15-26(19-6-3-2-4-7-19)25(9-8-23(22)35-26)39-16-18-12-20(27(29,30)31)14-21(13-18)28(32,33)34;/h2-4,6-7,12-14,22-25,35-36H,5,8-11,15-17H2,1H3;1H/t22-,23+,24?,25-,26-;/m1./s1. The molecule has 5 atom stereocenters. The van der Waals surface area contributed by atoms with Gasteiger partial charge in [-0.1, -0.05) is 30.3 Å². The summed E-state index contributed by atoms with van der Waals surface area (Å²) >= 11 is 0. The highest BCUT2D eigenvalue weighted by Gasteiger charge is 2.56. The van der Waals surface area contributed by atoms with Gasteiger partial charge in [0.15, 0.2) is 0 Å². The highest BCUT2D eigenvalue weighted by Crippen LogP contribution is 2.49. The number of rotatable bonds is 11. The third kappa shape index (κ3) is 7.30. The molecule has 2 fully saturated rings. The molecule has 0 amide bonds. The van der Waals surface area contributed by atoms with Crippen molar-refractivity contribution >= 4 is 12.4 Å². The number of hydrogen-bond donors (Lipinski definition) is 2. The lowest BCUT2D eigenvalue weighted by Gasteiger charge is -2.42. The van der Waals surface area contributed by atoms with Crippen LogP contribution in [0.4, 0.5) is 26.3 Å². The molecular formula is C28H34ClF6NO4. The van der Waals surface area contributed by atoms with Gasteiger partial charge in [0, 0.05) is 32.3 Å². The van der Waals surface area contributed by atoms with Crippen molar-refractivity contribution in [2.24, 2.45) is 5.92 Å². The number of methoxy groups -OCH3 is 1. The van der Waals surface area contributed by atoms with Crippen molar-refractivity contribution in [1.29, 1.82) is 0 Å². The van der Waals surface area contributed by atoms with E-state index in [2.05, 4.69) is 5.32 Å². The Morgan fingerprint density at radius 1 is 1.00 bits per heavy atom. The first-order chi connectivity index (χ1) is 18.5. The molecule has 2 aliphatic heterocycles. The molecule has 2 saturated heterocycles. The second kappa shape index (κ2) is 13.4. The van der Waals surface area contributed by atoms with Crippen molar-refractivity contribution in [1.82, 2.24) is 5.32 Å². The average Bonchev–Trinajstić information content (AvgIpc) is 3.21. The van der Waals surface area contributed by atoms with Crippen LogP contribution in [-0.2, 0) is 38.7 Å². The lowest BCUT2D eigenvalue weighted by Crippen LogP contribution is -2.54. The minimum atomic E-state index is -4.92. The summed E-state index contributed by atoms with van der Waals surface area (Å²) in [5, 5.41) is 12.7. The molecule has 0 aromatic heterocycles. The van der Waals surface area contributed by atoms with Gasteiger partial charge in [0.1, 0.15) is 0 Å². The minimum absolute atomic E-state index is 0. The van der Waals surface area contributed by atoms with E-state index in [0.717, 1.165) is 5.56 Å². The monoisotopic (exact) mass is 597 g/mol. The molecule has 2 aromatic carbocycles. The Labute approximate surface area is 235 Å². The first-order valence-electron chi connectivity index (χ1n) is 12.9. The molecule has 4 rings (SSSR count). The van der Waals surface area contributed by atoms with Gasteiger partial charge >= 0.3 is 12.4 Å². The number of halogens is 7. The topological polar surface area (TPSA) is 60.0 Å². The van der Waals surface area contributed by atoms with Crippen LogP contribution >= 0.6 is 12.4 Å². The van der Waals surface area contributed by atoms with Gasteiger partial charge in [-0.3, -0.25) is 0 Å². The molecule has 2 N–H and O–H groups in total. The molecule has 2 bridgehead atoms. The van der Waals surface area contributed by atoms with E-state index in [9.17, 15) is 26.3 Å². The Morgan fingerprint density at radius 2 is 1.65 bits per heavy atom. The van der Waals surface area contributed by atoms with E-state index < -0.39 is 41.7 Å². The molecule has 2 aromatic rings. The molecule has 1 unspecified atom stereocenters. The number of nitrogens with one attached hydrogen (secondary N) is 1. The summed E-state index contributed by atoms with van der Waals surface area (Å²) in [5.41, 5.74) is -2.69. The first kappa shape index (κ1) is 32.6. The molecule has 2 heterocycles. The highest BCUT2D eigenvalue weighted by atomic mass is 35.5. The molecule has 0 saturated carbocycles. The first-order valence-corrected chi connectivity index (χ1v) is 12.9. The molecule has 224 valence electrons. The number of hydrogen-bond acceptors (Lipinski definition) is 5. The summed E-state index contributed by atoms with van der Waals surface area (Å²) in [6.07, 6.45) is -8.24. The van der Waals surface area contributed by atoms with Crippen LogP contribution in [0.15, 0.2) is 48.5 Å². The van der Waals surface area contributed by atoms with Crippen molar-refractivity contribution in [3.8, 4) is 0 Å². The number of aliphatic hydroxyl groups excluding tert-OH is 1. The van der Waals surface area contributed by atoms with Gasteiger partial charge in [0.05, 0.1) is 42.1 Å². The second-order valence-corrected chi connectivity index (χ2v) is 10.2. The molecule has 2 aliphatic rings. The van der Waals surface area contributed by atoms with E-state index in [-0.39, 0.29) is 48.7 Å². The van der Waals surface area contributed by atoms with Gasteiger partial charge in [-0.15, -0.1) is 12.4 Å². The van der Waals surface area contributed by atoms with Crippen LogP contribution in [0.2, 0.25) is 0 Å². The molecule has 40 heavy (non-hydrogen) atoms. The third-order valence-electron chi connectivity index (χ3n) is 7.70. The Morgan fingerprint density at radius 3 is 2.23 bits per heavy atom. The smallest absolute Gasteiger partial charge is 0.396 e. The quantitative estimate of drug-likeness (QED) is 0.242. The van der Waals surface area contributed by atoms with Crippen molar-refractivity contribution in [3.63, 3.8) is 0 Å². The number of ether oxygens (including phenoxy) is 3. The molecule has 5 nitrogen and oxygen atoms in total. The molecule has 12 heteroatoms. The molecule has 0 radical (unpaired) electrons. The Hall–Kier alpha value is -1.89. The highest BCUT2D eigenvalue weighted by molar-refractivity contribution is 5.85. The van der Waals surface area contributed by atoms with E-state index in [1.807, 2.05) is 30.3 Å². The maximum absolute atomic E-state index is 13.4. The number of aliphatic hydroxyl groups is 1. The number of piperidine rings is 1. The zero-order valence-corrected chi connectivity index (χ0v) is 22.7. The van der Waals surface area contributed by atoms with Crippen molar-refractivity contribution in [2.75, 3.05) is 26.9 Å². The Kier molecular flexibility index (Phi) is 10.9. The van der Waals surface area contributed by atoms with E-state index in [0.29, 0.717) is 51.0 Å². The SMILES string of the molecule is COC(COCCCO)[C@@H]1C[C@]2(c3ccccc3)N[C@H]1CC[C@H]2OCc1cc(C(F)(F)F)cc(C(F)(F)F)c1.Cl. The summed E-state index contributed by atoms with van der Waals surface area (Å²) in [6.45, 7) is 0.354. The zero-order chi connectivity index (χ0) is 28.3. The van der Waals surface area contributed by atoms with Crippen LogP contribution in [0.25, 0.3) is 0 Å². The van der Waals surface area contributed by atoms with Gasteiger partial charge in [-0.05, 0) is 55.0 Å². The van der Waals surface area contributed by atoms with Crippen molar-refractivity contribution in [2.45, 2.75) is 68.4 Å². The average molecular weight is 598 g/mol. The maximum Gasteiger partial charge on any atom is 0.416 e. The molecular weight excluding hydrogens is 564 g/mol. The summed E-state index contributed by atoms with van der Waals surface area (Å²) in [5.74, 6) is 0.0309. The number of benzene rings is 2. The fourth-order valence-electron chi connectivity index (χ4n) is 5.87. The third-order valence-corrected chi connectivity index (χ3v) is 7.70. The fourth-order valence-corrected chi connectivity index (χ4v) is 5.87. The van der Waals surface area contributed by atoms with Crippen molar-refractivity contribution < 1.29 is 45.7 Å². The van der Waals surface area contributed by atoms with Gasteiger partial charge in [-0.2, -0.15) is 26.3 Å².